The summed E-state index contributed by atoms with van der Waals surface area (Å²) in [4.78, 5) is 16.8. The van der Waals surface area contributed by atoms with E-state index in [1.165, 1.54) is 12.8 Å². The molecular weight excluding hydrogens is 312 g/mol. The van der Waals surface area contributed by atoms with Crippen LogP contribution in [-0.4, -0.2) is 47.7 Å². The van der Waals surface area contributed by atoms with Gasteiger partial charge in [-0.1, -0.05) is 18.5 Å². The normalized spacial score (nSPS) is 28.3. The van der Waals surface area contributed by atoms with Gasteiger partial charge in [0.05, 0.1) is 16.3 Å². The van der Waals surface area contributed by atoms with E-state index in [-0.39, 0.29) is 11.8 Å². The van der Waals surface area contributed by atoms with Crippen molar-refractivity contribution in [1.82, 2.24) is 4.90 Å². The van der Waals surface area contributed by atoms with E-state index in [1.54, 1.807) is 6.07 Å². The van der Waals surface area contributed by atoms with Gasteiger partial charge in [-0.3, -0.25) is 4.79 Å². The van der Waals surface area contributed by atoms with Crippen LogP contribution in [0.25, 0.3) is 0 Å². The predicted molar refractivity (Wildman–Crippen MR) is 93.2 cm³/mol. The molecule has 0 radical (unpaired) electrons. The SMILES string of the molecule is C[C@@H]1CN(C(=O)c2ccc(N3CCCC3)c(Cl)c2)CC[C@]1(C)O. The summed E-state index contributed by atoms with van der Waals surface area (Å²) in [5.74, 6) is 0.0711. The lowest BCUT2D eigenvalue weighted by Crippen LogP contribution is -2.50. The number of hydrogen-bond acceptors (Lipinski definition) is 3. The van der Waals surface area contributed by atoms with Crippen LogP contribution < -0.4 is 4.90 Å². The number of carbonyl (C=O) groups excluding carboxylic acids is 1. The average Bonchev–Trinajstić information content (AvgIpc) is 3.03. The lowest BCUT2D eigenvalue weighted by atomic mass is 9.84. The van der Waals surface area contributed by atoms with Crippen molar-refractivity contribution in [3.63, 3.8) is 0 Å². The molecule has 2 aliphatic heterocycles. The Morgan fingerprint density at radius 2 is 2.00 bits per heavy atom. The first-order valence-corrected chi connectivity index (χ1v) is 8.82. The molecule has 3 rings (SSSR count). The Balaban J connectivity index is 1.74. The van der Waals surface area contributed by atoms with Crippen LogP contribution in [0.3, 0.4) is 0 Å². The van der Waals surface area contributed by atoms with Crippen molar-refractivity contribution < 1.29 is 9.90 Å². The molecule has 2 atom stereocenters. The van der Waals surface area contributed by atoms with E-state index in [2.05, 4.69) is 4.90 Å². The molecule has 23 heavy (non-hydrogen) atoms. The number of rotatable bonds is 2. The quantitative estimate of drug-likeness (QED) is 0.902. The maximum Gasteiger partial charge on any atom is 0.253 e. The number of hydrogen-bond donors (Lipinski definition) is 1. The number of piperidine rings is 1. The second-order valence-corrected chi connectivity index (χ2v) is 7.53. The zero-order valence-corrected chi connectivity index (χ0v) is 14.6. The summed E-state index contributed by atoms with van der Waals surface area (Å²) in [5, 5.41) is 10.9. The second-order valence-electron chi connectivity index (χ2n) is 7.12. The fourth-order valence-electron chi connectivity index (χ4n) is 3.45. The molecule has 2 aliphatic rings. The van der Waals surface area contributed by atoms with Gasteiger partial charge in [0, 0.05) is 37.7 Å². The van der Waals surface area contributed by atoms with Gasteiger partial charge in [0.15, 0.2) is 0 Å². The number of halogens is 1. The first-order valence-electron chi connectivity index (χ1n) is 8.44. The minimum atomic E-state index is -0.686. The molecule has 1 N–H and O–H groups in total. The highest BCUT2D eigenvalue weighted by Gasteiger charge is 2.36. The summed E-state index contributed by atoms with van der Waals surface area (Å²) in [7, 11) is 0. The monoisotopic (exact) mass is 336 g/mol. The molecule has 1 aromatic carbocycles. The molecule has 0 bridgehead atoms. The third kappa shape index (κ3) is 3.33. The highest BCUT2D eigenvalue weighted by Crippen LogP contribution is 2.31. The number of aliphatic hydroxyl groups is 1. The molecule has 2 saturated heterocycles. The van der Waals surface area contributed by atoms with Crippen LogP contribution in [0.5, 0.6) is 0 Å². The van der Waals surface area contributed by atoms with Gasteiger partial charge in [-0.2, -0.15) is 0 Å². The van der Waals surface area contributed by atoms with E-state index >= 15 is 0 Å². The van der Waals surface area contributed by atoms with Crippen LogP contribution in [0.1, 0.15) is 43.5 Å². The molecule has 0 aliphatic carbocycles. The zero-order valence-electron chi connectivity index (χ0n) is 13.9. The minimum absolute atomic E-state index is 0.00206. The van der Waals surface area contributed by atoms with Crippen molar-refractivity contribution in [3.05, 3.63) is 28.8 Å². The van der Waals surface area contributed by atoms with E-state index < -0.39 is 5.60 Å². The lowest BCUT2D eigenvalue weighted by molar-refractivity contribution is -0.0439. The van der Waals surface area contributed by atoms with Gasteiger partial charge >= 0.3 is 0 Å². The molecule has 0 saturated carbocycles. The number of benzene rings is 1. The molecule has 0 unspecified atom stereocenters. The number of amides is 1. The van der Waals surface area contributed by atoms with Gasteiger partial charge in [0.1, 0.15) is 0 Å². The smallest absolute Gasteiger partial charge is 0.253 e. The van der Waals surface area contributed by atoms with Crippen molar-refractivity contribution >= 4 is 23.2 Å². The average molecular weight is 337 g/mol. The van der Waals surface area contributed by atoms with Crippen LogP contribution in [0.15, 0.2) is 18.2 Å². The predicted octanol–water partition coefficient (Wildman–Crippen LogP) is 3.17. The zero-order chi connectivity index (χ0) is 16.6. The molecule has 5 heteroatoms. The van der Waals surface area contributed by atoms with Gasteiger partial charge in [-0.25, -0.2) is 0 Å². The molecule has 2 heterocycles. The fourth-order valence-corrected chi connectivity index (χ4v) is 3.75. The molecular formula is C18H25ClN2O2. The Labute approximate surface area is 143 Å². The third-order valence-corrected chi connectivity index (χ3v) is 5.68. The molecule has 2 fully saturated rings. The summed E-state index contributed by atoms with van der Waals surface area (Å²) in [5.41, 5.74) is 0.968. The molecule has 4 nitrogen and oxygen atoms in total. The Morgan fingerprint density at radius 1 is 1.30 bits per heavy atom. The van der Waals surface area contributed by atoms with Crippen molar-refractivity contribution in [3.8, 4) is 0 Å². The van der Waals surface area contributed by atoms with Crippen molar-refractivity contribution in [2.75, 3.05) is 31.1 Å². The molecule has 126 valence electrons. The maximum absolute atomic E-state index is 12.7. The van der Waals surface area contributed by atoms with Gasteiger partial charge in [-0.15, -0.1) is 0 Å². The summed E-state index contributed by atoms with van der Waals surface area (Å²) in [6.45, 7) is 7.07. The standard InChI is InChI=1S/C18H25ClN2O2/c1-13-12-21(10-7-18(13,2)23)17(22)14-5-6-16(15(19)11-14)20-8-3-4-9-20/h5-6,11,13,23H,3-4,7-10,12H2,1-2H3/t13-,18+/m1/s1. The number of likely N-dealkylation sites (tertiary alicyclic amines) is 1. The summed E-state index contributed by atoms with van der Waals surface area (Å²) >= 11 is 6.41. The molecule has 1 aromatic rings. The van der Waals surface area contributed by atoms with Crippen LogP contribution in [0.4, 0.5) is 5.69 Å². The highest BCUT2D eigenvalue weighted by molar-refractivity contribution is 6.33. The number of anilines is 1. The van der Waals surface area contributed by atoms with Crippen LogP contribution in [0.2, 0.25) is 5.02 Å². The van der Waals surface area contributed by atoms with Gasteiger partial charge in [-0.05, 0) is 44.4 Å². The van der Waals surface area contributed by atoms with E-state index in [1.807, 2.05) is 30.9 Å². The summed E-state index contributed by atoms with van der Waals surface area (Å²) in [6, 6.07) is 5.62. The first-order chi connectivity index (χ1) is 10.9. The Hall–Kier alpha value is -1.26. The van der Waals surface area contributed by atoms with E-state index in [4.69, 9.17) is 11.6 Å². The second kappa shape index (κ2) is 6.33. The number of nitrogens with zero attached hydrogens (tertiary/aromatic N) is 2. The van der Waals surface area contributed by atoms with Crippen LogP contribution in [-0.2, 0) is 0 Å². The van der Waals surface area contributed by atoms with E-state index in [9.17, 15) is 9.90 Å². The topological polar surface area (TPSA) is 43.8 Å². The van der Waals surface area contributed by atoms with Gasteiger partial charge in [0.25, 0.3) is 5.91 Å². The minimum Gasteiger partial charge on any atom is -0.390 e. The Bertz CT molecular complexity index is 597. The largest absolute Gasteiger partial charge is 0.390 e. The Morgan fingerprint density at radius 3 is 2.61 bits per heavy atom. The summed E-state index contributed by atoms with van der Waals surface area (Å²) < 4.78 is 0. The summed E-state index contributed by atoms with van der Waals surface area (Å²) in [6.07, 6.45) is 3.00. The third-order valence-electron chi connectivity index (χ3n) is 5.37. The number of carbonyl (C=O) groups is 1. The van der Waals surface area contributed by atoms with Gasteiger partial charge < -0.3 is 14.9 Å². The van der Waals surface area contributed by atoms with E-state index in [0.29, 0.717) is 30.1 Å². The molecule has 0 aromatic heterocycles. The highest BCUT2D eigenvalue weighted by atomic mass is 35.5. The van der Waals surface area contributed by atoms with Crippen LogP contribution in [0, 0.1) is 5.92 Å². The fraction of sp³-hybridized carbons (Fsp3) is 0.611. The van der Waals surface area contributed by atoms with Crippen molar-refractivity contribution in [2.45, 2.75) is 38.7 Å². The van der Waals surface area contributed by atoms with Gasteiger partial charge in [0.2, 0.25) is 0 Å². The van der Waals surface area contributed by atoms with E-state index in [0.717, 1.165) is 18.8 Å². The van der Waals surface area contributed by atoms with Crippen molar-refractivity contribution in [1.29, 1.82) is 0 Å². The molecule has 1 amide bonds. The first kappa shape index (κ1) is 16.6. The maximum atomic E-state index is 12.7. The van der Waals surface area contributed by atoms with Crippen LogP contribution >= 0.6 is 11.6 Å². The Kier molecular flexibility index (Phi) is 4.56. The molecule has 0 spiro atoms. The lowest BCUT2D eigenvalue weighted by Gasteiger charge is -2.41. The van der Waals surface area contributed by atoms with Crippen molar-refractivity contribution in [2.24, 2.45) is 5.92 Å².